The van der Waals surface area contributed by atoms with Gasteiger partial charge in [-0.25, -0.2) is 4.79 Å². The number of amides is 2. The minimum absolute atomic E-state index is 0.0461. The number of carbonyl (C=O) groups excluding carboxylic acids is 1. The molecule has 0 radical (unpaired) electrons. The first-order chi connectivity index (χ1) is 9.38. The molecule has 1 aromatic rings. The van der Waals surface area contributed by atoms with Crippen LogP contribution in [0.15, 0.2) is 24.3 Å². The van der Waals surface area contributed by atoms with E-state index in [2.05, 4.69) is 26.1 Å². The van der Waals surface area contributed by atoms with Gasteiger partial charge in [0, 0.05) is 13.1 Å². The van der Waals surface area contributed by atoms with E-state index < -0.39 is 0 Å². The number of likely N-dealkylation sites (tertiary alicyclic amines) is 1. The lowest BCUT2D eigenvalue weighted by Gasteiger charge is -2.38. The molecule has 110 valence electrons. The van der Waals surface area contributed by atoms with Crippen LogP contribution < -0.4 is 11.1 Å². The van der Waals surface area contributed by atoms with Crippen molar-refractivity contribution in [2.45, 2.75) is 33.6 Å². The largest absolute Gasteiger partial charge is 0.397 e. The SMILES string of the molecule is CC(C)(C)C1CCN(C(=O)Nc2ccccc2N)CC1. The third-order valence-electron chi connectivity index (χ3n) is 4.21. The van der Waals surface area contributed by atoms with Crippen LogP contribution in [0, 0.1) is 11.3 Å². The number of carbonyl (C=O) groups is 1. The molecule has 20 heavy (non-hydrogen) atoms. The molecule has 2 amide bonds. The molecule has 1 aliphatic heterocycles. The molecule has 2 rings (SSSR count). The zero-order valence-corrected chi connectivity index (χ0v) is 12.6. The quantitative estimate of drug-likeness (QED) is 0.770. The molecule has 1 fully saturated rings. The van der Waals surface area contributed by atoms with Crippen molar-refractivity contribution in [2.75, 3.05) is 24.1 Å². The molecule has 4 heteroatoms. The number of anilines is 2. The molecule has 3 N–H and O–H groups in total. The lowest BCUT2D eigenvalue weighted by Crippen LogP contribution is -2.43. The highest BCUT2D eigenvalue weighted by atomic mass is 16.2. The van der Waals surface area contributed by atoms with Crippen LogP contribution in [0.3, 0.4) is 0 Å². The van der Waals surface area contributed by atoms with Crippen LogP contribution in [0.5, 0.6) is 0 Å². The van der Waals surface area contributed by atoms with Crippen molar-refractivity contribution in [1.29, 1.82) is 0 Å². The molecule has 1 heterocycles. The third-order valence-corrected chi connectivity index (χ3v) is 4.21. The molecule has 0 unspecified atom stereocenters. The van der Waals surface area contributed by atoms with Crippen molar-refractivity contribution in [3.05, 3.63) is 24.3 Å². The number of para-hydroxylation sites is 2. The fraction of sp³-hybridized carbons (Fsp3) is 0.562. The summed E-state index contributed by atoms with van der Waals surface area (Å²) in [6.45, 7) is 8.47. The molecule has 4 nitrogen and oxygen atoms in total. The van der Waals surface area contributed by atoms with Crippen molar-refractivity contribution >= 4 is 17.4 Å². The molecule has 0 atom stereocenters. The van der Waals surface area contributed by atoms with Gasteiger partial charge in [-0.2, -0.15) is 0 Å². The highest BCUT2D eigenvalue weighted by Crippen LogP contribution is 2.34. The number of hydrogen-bond donors (Lipinski definition) is 2. The number of nitrogens with zero attached hydrogens (tertiary/aromatic N) is 1. The lowest BCUT2D eigenvalue weighted by atomic mass is 9.75. The van der Waals surface area contributed by atoms with Crippen molar-refractivity contribution in [3.63, 3.8) is 0 Å². The second-order valence-electron chi connectivity index (χ2n) is 6.64. The van der Waals surface area contributed by atoms with Crippen LogP contribution >= 0.6 is 0 Å². The van der Waals surface area contributed by atoms with Gasteiger partial charge in [-0.3, -0.25) is 0 Å². The maximum Gasteiger partial charge on any atom is 0.321 e. The Kier molecular flexibility index (Phi) is 4.21. The summed E-state index contributed by atoms with van der Waals surface area (Å²) in [5, 5.41) is 2.90. The molecule has 0 aromatic heterocycles. The Hall–Kier alpha value is -1.71. The molecule has 0 bridgehead atoms. The summed E-state index contributed by atoms with van der Waals surface area (Å²) >= 11 is 0. The van der Waals surface area contributed by atoms with Gasteiger partial charge in [-0.05, 0) is 36.3 Å². The average molecular weight is 275 g/mol. The summed E-state index contributed by atoms with van der Waals surface area (Å²) in [5.41, 5.74) is 7.46. The standard InChI is InChI=1S/C16H25N3O/c1-16(2,3)12-8-10-19(11-9-12)15(20)18-14-7-5-4-6-13(14)17/h4-7,12H,8-11,17H2,1-3H3,(H,18,20). The van der Waals surface area contributed by atoms with Crippen LogP contribution in [0.4, 0.5) is 16.2 Å². The van der Waals surface area contributed by atoms with Gasteiger partial charge in [-0.15, -0.1) is 0 Å². The van der Waals surface area contributed by atoms with E-state index in [-0.39, 0.29) is 6.03 Å². The Balaban J connectivity index is 1.91. The minimum Gasteiger partial charge on any atom is -0.397 e. The van der Waals surface area contributed by atoms with E-state index in [9.17, 15) is 4.79 Å². The first-order valence-electron chi connectivity index (χ1n) is 7.28. The van der Waals surface area contributed by atoms with Gasteiger partial charge in [-0.1, -0.05) is 32.9 Å². The predicted octanol–water partition coefficient (Wildman–Crippen LogP) is 3.56. The fourth-order valence-electron chi connectivity index (χ4n) is 2.75. The number of benzene rings is 1. The average Bonchev–Trinajstić information content (AvgIpc) is 2.40. The van der Waals surface area contributed by atoms with Crippen LogP contribution in [-0.4, -0.2) is 24.0 Å². The van der Waals surface area contributed by atoms with Crippen LogP contribution in [0.2, 0.25) is 0 Å². The van der Waals surface area contributed by atoms with Crippen LogP contribution in [0.1, 0.15) is 33.6 Å². The minimum atomic E-state index is -0.0461. The van der Waals surface area contributed by atoms with E-state index in [4.69, 9.17) is 5.73 Å². The predicted molar refractivity (Wildman–Crippen MR) is 83.6 cm³/mol. The number of nitrogens with two attached hydrogens (primary N) is 1. The van der Waals surface area contributed by atoms with E-state index in [1.54, 1.807) is 6.07 Å². The summed E-state index contributed by atoms with van der Waals surface area (Å²) < 4.78 is 0. The second-order valence-corrected chi connectivity index (χ2v) is 6.64. The number of rotatable bonds is 1. The molecule has 1 saturated heterocycles. The lowest BCUT2D eigenvalue weighted by molar-refractivity contribution is 0.128. The van der Waals surface area contributed by atoms with Crippen molar-refractivity contribution in [1.82, 2.24) is 4.90 Å². The molecular weight excluding hydrogens is 250 g/mol. The van der Waals surface area contributed by atoms with E-state index >= 15 is 0 Å². The molecule has 0 aliphatic carbocycles. The van der Waals surface area contributed by atoms with Gasteiger partial charge in [0.15, 0.2) is 0 Å². The van der Waals surface area contributed by atoms with E-state index in [1.807, 2.05) is 23.1 Å². The summed E-state index contributed by atoms with van der Waals surface area (Å²) in [6, 6.07) is 7.31. The zero-order chi connectivity index (χ0) is 14.8. The summed E-state index contributed by atoms with van der Waals surface area (Å²) in [4.78, 5) is 14.1. The normalized spacial score (nSPS) is 17.1. The summed E-state index contributed by atoms with van der Waals surface area (Å²) in [7, 11) is 0. The Morgan fingerprint density at radius 3 is 2.40 bits per heavy atom. The summed E-state index contributed by atoms with van der Waals surface area (Å²) in [5.74, 6) is 0.688. The van der Waals surface area contributed by atoms with Gasteiger partial charge in [0.2, 0.25) is 0 Å². The molecular formula is C16H25N3O. The Morgan fingerprint density at radius 1 is 1.25 bits per heavy atom. The number of nitrogens with one attached hydrogen (secondary N) is 1. The van der Waals surface area contributed by atoms with Crippen LogP contribution in [-0.2, 0) is 0 Å². The molecule has 0 spiro atoms. The zero-order valence-electron chi connectivity index (χ0n) is 12.6. The first-order valence-corrected chi connectivity index (χ1v) is 7.28. The molecule has 1 aliphatic rings. The number of nitrogen functional groups attached to an aromatic ring is 1. The Bertz CT molecular complexity index is 471. The van der Waals surface area contributed by atoms with Gasteiger partial charge < -0.3 is 16.0 Å². The van der Waals surface area contributed by atoms with E-state index in [1.165, 1.54) is 0 Å². The van der Waals surface area contributed by atoms with Crippen molar-refractivity contribution in [3.8, 4) is 0 Å². The first kappa shape index (κ1) is 14.7. The number of hydrogen-bond acceptors (Lipinski definition) is 2. The van der Waals surface area contributed by atoms with Crippen molar-refractivity contribution in [2.24, 2.45) is 11.3 Å². The number of piperidine rings is 1. The highest BCUT2D eigenvalue weighted by Gasteiger charge is 2.30. The monoisotopic (exact) mass is 275 g/mol. The maximum atomic E-state index is 12.2. The Morgan fingerprint density at radius 2 is 1.85 bits per heavy atom. The number of urea groups is 1. The van der Waals surface area contributed by atoms with Gasteiger partial charge in [0.1, 0.15) is 0 Å². The maximum absolute atomic E-state index is 12.2. The van der Waals surface area contributed by atoms with E-state index in [0.29, 0.717) is 22.7 Å². The summed E-state index contributed by atoms with van der Waals surface area (Å²) in [6.07, 6.45) is 2.14. The molecule has 0 saturated carbocycles. The Labute approximate surface area is 121 Å². The topological polar surface area (TPSA) is 58.4 Å². The van der Waals surface area contributed by atoms with Crippen LogP contribution in [0.25, 0.3) is 0 Å². The second kappa shape index (κ2) is 5.73. The van der Waals surface area contributed by atoms with Gasteiger partial charge >= 0.3 is 6.03 Å². The van der Waals surface area contributed by atoms with Gasteiger partial charge in [0.05, 0.1) is 11.4 Å². The fourth-order valence-corrected chi connectivity index (χ4v) is 2.75. The van der Waals surface area contributed by atoms with Crippen molar-refractivity contribution < 1.29 is 4.79 Å². The smallest absolute Gasteiger partial charge is 0.321 e. The third kappa shape index (κ3) is 3.44. The highest BCUT2D eigenvalue weighted by molar-refractivity contribution is 5.92. The van der Waals surface area contributed by atoms with Gasteiger partial charge in [0.25, 0.3) is 0 Å². The van der Waals surface area contributed by atoms with E-state index in [0.717, 1.165) is 25.9 Å². The molecule has 1 aromatic carbocycles.